The number of nitrogens with zero attached hydrogens (tertiary/aromatic N) is 4. The number of aromatic nitrogens is 2. The Bertz CT molecular complexity index is 639. The van der Waals surface area contributed by atoms with Crippen LogP contribution in [0.5, 0.6) is 0 Å². The van der Waals surface area contributed by atoms with Crippen molar-refractivity contribution in [1.82, 2.24) is 15.1 Å². The Hall–Kier alpha value is -2.36. The van der Waals surface area contributed by atoms with Gasteiger partial charge in [-0.25, -0.2) is 9.48 Å². The number of ether oxygens (including phenoxy) is 1. The Morgan fingerprint density at radius 3 is 2.80 bits per heavy atom. The molecule has 0 aromatic carbocycles. The lowest BCUT2D eigenvalue weighted by atomic mass is 10.1. The third-order valence-electron chi connectivity index (χ3n) is 3.84. The third-order valence-corrected chi connectivity index (χ3v) is 3.84. The van der Waals surface area contributed by atoms with Gasteiger partial charge in [0.1, 0.15) is 11.8 Å². The van der Waals surface area contributed by atoms with Crippen molar-refractivity contribution < 1.29 is 19.6 Å². The molecule has 1 aromatic heterocycles. The summed E-state index contributed by atoms with van der Waals surface area (Å²) in [5, 5.41) is 28.1. The first-order valence-electron chi connectivity index (χ1n) is 8.15. The molecule has 1 aromatic rings. The minimum Gasteiger partial charge on any atom is -0.444 e. The van der Waals surface area contributed by atoms with E-state index in [2.05, 4.69) is 10.4 Å². The molecule has 1 aliphatic heterocycles. The molecule has 1 saturated heterocycles. The molecule has 140 valence electrons. The van der Waals surface area contributed by atoms with Crippen molar-refractivity contribution in [2.24, 2.45) is 7.05 Å². The average molecular weight is 355 g/mol. The zero-order chi connectivity index (χ0) is 18.8. The predicted octanol–water partition coefficient (Wildman–Crippen LogP) is 1.18. The maximum atomic E-state index is 11.9. The van der Waals surface area contributed by atoms with Crippen molar-refractivity contribution in [3.05, 3.63) is 16.3 Å². The first-order chi connectivity index (χ1) is 11.6. The number of rotatable bonds is 3. The van der Waals surface area contributed by atoms with Crippen LogP contribution in [0.4, 0.5) is 16.3 Å². The molecule has 2 rings (SSSR count). The molecule has 10 heteroatoms. The molecule has 10 nitrogen and oxygen atoms in total. The molecule has 2 heterocycles. The van der Waals surface area contributed by atoms with Gasteiger partial charge in [0.05, 0.1) is 11.0 Å². The zero-order valence-corrected chi connectivity index (χ0v) is 14.9. The van der Waals surface area contributed by atoms with Gasteiger partial charge in [-0.05, 0) is 33.6 Å². The molecule has 1 aliphatic rings. The van der Waals surface area contributed by atoms with Crippen LogP contribution < -0.4 is 10.2 Å². The van der Waals surface area contributed by atoms with Crippen molar-refractivity contribution >= 4 is 17.6 Å². The van der Waals surface area contributed by atoms with Crippen LogP contribution in [0.15, 0.2) is 6.20 Å². The Labute approximate surface area is 145 Å². The molecule has 0 aliphatic carbocycles. The fourth-order valence-corrected chi connectivity index (χ4v) is 2.89. The number of anilines is 1. The Balaban J connectivity index is 2.07. The second kappa shape index (κ2) is 7.26. The van der Waals surface area contributed by atoms with Gasteiger partial charge in [0.25, 0.3) is 0 Å². The number of aliphatic hydroxyl groups excluding tert-OH is 1. The molecule has 2 N–H and O–H groups in total. The number of nitrogens with one attached hydrogen (secondary N) is 1. The van der Waals surface area contributed by atoms with Crippen molar-refractivity contribution in [3.63, 3.8) is 0 Å². The molecule has 1 fully saturated rings. The zero-order valence-electron chi connectivity index (χ0n) is 14.9. The van der Waals surface area contributed by atoms with Gasteiger partial charge >= 0.3 is 11.8 Å². The van der Waals surface area contributed by atoms with E-state index in [9.17, 15) is 20.0 Å². The molecule has 1 amide bonds. The van der Waals surface area contributed by atoms with Crippen LogP contribution >= 0.6 is 0 Å². The topological polar surface area (TPSA) is 123 Å². The van der Waals surface area contributed by atoms with Crippen LogP contribution in [0.25, 0.3) is 0 Å². The summed E-state index contributed by atoms with van der Waals surface area (Å²) in [5.74, 6) is 0.349. The van der Waals surface area contributed by atoms with E-state index in [1.807, 2.05) is 0 Å². The van der Waals surface area contributed by atoms with E-state index in [4.69, 9.17) is 4.74 Å². The minimum absolute atomic E-state index is 0.103. The number of hydrogen-bond acceptors (Lipinski definition) is 7. The fourth-order valence-electron chi connectivity index (χ4n) is 2.89. The maximum absolute atomic E-state index is 11.9. The van der Waals surface area contributed by atoms with Crippen molar-refractivity contribution in [2.45, 2.75) is 51.4 Å². The summed E-state index contributed by atoms with van der Waals surface area (Å²) in [6.07, 6.45) is 0.796. The second-order valence-corrected chi connectivity index (χ2v) is 7.20. The lowest BCUT2D eigenvalue weighted by molar-refractivity contribution is -0.384. The lowest BCUT2D eigenvalue weighted by Crippen LogP contribution is -2.40. The van der Waals surface area contributed by atoms with E-state index >= 15 is 0 Å². The number of nitro groups is 1. The largest absolute Gasteiger partial charge is 0.444 e. The smallest absolute Gasteiger partial charge is 0.407 e. The SMILES string of the molecule is Cn1ncc([N+](=O)[O-])c1N1CC[C@@H](NC(=O)OC(C)(C)C)C[C@@H](O)C1. The molecular formula is C15H25N5O5. The van der Waals surface area contributed by atoms with E-state index in [1.165, 1.54) is 10.9 Å². The molecule has 0 unspecified atom stereocenters. The summed E-state index contributed by atoms with van der Waals surface area (Å²) in [4.78, 5) is 24.3. The highest BCUT2D eigenvalue weighted by Gasteiger charge is 2.31. The standard InChI is InChI=1S/C15H25N5O5/c1-15(2,3)25-14(22)17-10-5-6-19(9-11(21)7-10)13-12(20(23)24)8-16-18(13)4/h8,10-11,21H,5-7,9H2,1-4H3,(H,17,22)/t10-,11-/m1/s1. The summed E-state index contributed by atoms with van der Waals surface area (Å²) >= 11 is 0. The van der Waals surface area contributed by atoms with E-state index in [0.29, 0.717) is 25.2 Å². The number of hydrogen-bond donors (Lipinski definition) is 2. The van der Waals surface area contributed by atoms with Crippen LogP contribution in [0.3, 0.4) is 0 Å². The first kappa shape index (κ1) is 19.0. The number of aliphatic hydroxyl groups is 1. The van der Waals surface area contributed by atoms with Gasteiger partial charge in [0, 0.05) is 26.2 Å². The van der Waals surface area contributed by atoms with Gasteiger partial charge in [-0.1, -0.05) is 0 Å². The minimum atomic E-state index is -0.739. The van der Waals surface area contributed by atoms with Crippen molar-refractivity contribution in [3.8, 4) is 0 Å². The van der Waals surface area contributed by atoms with Crippen LogP contribution in [-0.4, -0.2) is 56.7 Å². The van der Waals surface area contributed by atoms with E-state index < -0.39 is 22.7 Å². The van der Waals surface area contributed by atoms with Gasteiger partial charge in [-0.2, -0.15) is 5.10 Å². The van der Waals surface area contributed by atoms with E-state index in [-0.39, 0.29) is 18.3 Å². The lowest BCUT2D eigenvalue weighted by Gasteiger charge is -2.23. The number of alkyl carbamates (subject to hydrolysis) is 1. The summed E-state index contributed by atoms with van der Waals surface area (Å²) < 4.78 is 6.66. The Kier molecular flexibility index (Phi) is 5.51. The highest BCUT2D eigenvalue weighted by atomic mass is 16.6. The molecule has 25 heavy (non-hydrogen) atoms. The molecule has 0 bridgehead atoms. The van der Waals surface area contributed by atoms with E-state index in [1.54, 1.807) is 32.7 Å². The Morgan fingerprint density at radius 2 is 2.20 bits per heavy atom. The summed E-state index contributed by atoms with van der Waals surface area (Å²) in [7, 11) is 1.62. The molecule has 0 spiro atoms. The maximum Gasteiger partial charge on any atom is 0.407 e. The molecule has 0 radical (unpaired) electrons. The van der Waals surface area contributed by atoms with Gasteiger partial charge < -0.3 is 20.1 Å². The predicted molar refractivity (Wildman–Crippen MR) is 90.5 cm³/mol. The quantitative estimate of drug-likeness (QED) is 0.616. The average Bonchev–Trinajstić information content (AvgIpc) is 2.73. The monoisotopic (exact) mass is 355 g/mol. The van der Waals surface area contributed by atoms with Gasteiger partial charge in [-0.15, -0.1) is 0 Å². The second-order valence-electron chi connectivity index (χ2n) is 7.20. The van der Waals surface area contributed by atoms with Crippen LogP contribution in [-0.2, 0) is 11.8 Å². The Morgan fingerprint density at radius 1 is 1.52 bits per heavy atom. The number of carbonyl (C=O) groups is 1. The van der Waals surface area contributed by atoms with Crippen LogP contribution in [0.2, 0.25) is 0 Å². The third kappa shape index (κ3) is 5.05. The van der Waals surface area contributed by atoms with Crippen LogP contribution in [0.1, 0.15) is 33.6 Å². The molecule has 0 saturated carbocycles. The first-order valence-corrected chi connectivity index (χ1v) is 8.15. The van der Waals surface area contributed by atoms with Gasteiger partial charge in [-0.3, -0.25) is 10.1 Å². The van der Waals surface area contributed by atoms with Gasteiger partial charge in [0.2, 0.25) is 5.82 Å². The van der Waals surface area contributed by atoms with E-state index in [0.717, 1.165) is 0 Å². The van der Waals surface area contributed by atoms with Crippen LogP contribution in [0, 0.1) is 10.1 Å². The molecular weight excluding hydrogens is 330 g/mol. The highest BCUT2D eigenvalue weighted by Crippen LogP contribution is 2.29. The van der Waals surface area contributed by atoms with Crippen molar-refractivity contribution in [2.75, 3.05) is 18.0 Å². The number of amides is 1. The summed E-state index contributed by atoms with van der Waals surface area (Å²) in [6, 6.07) is -0.276. The summed E-state index contributed by atoms with van der Waals surface area (Å²) in [6.45, 7) is 6.00. The summed E-state index contributed by atoms with van der Waals surface area (Å²) in [5.41, 5.74) is -0.706. The van der Waals surface area contributed by atoms with Crippen molar-refractivity contribution in [1.29, 1.82) is 0 Å². The highest BCUT2D eigenvalue weighted by molar-refractivity contribution is 5.68. The number of aryl methyl sites for hydroxylation is 1. The number of β-amino-alcohol motifs (C(OH)–C–C–N with tert-alkyl or cyclic N) is 1. The number of carbonyl (C=O) groups excluding carboxylic acids is 1. The fraction of sp³-hybridized carbons (Fsp3) is 0.733. The normalized spacial score (nSPS) is 21.6. The van der Waals surface area contributed by atoms with Gasteiger partial charge in [0.15, 0.2) is 0 Å². The molecule has 2 atom stereocenters.